The van der Waals surface area contributed by atoms with Crippen molar-refractivity contribution in [2.24, 2.45) is 0 Å². The van der Waals surface area contributed by atoms with Gasteiger partial charge in [-0.05, 0) is 47.5 Å². The van der Waals surface area contributed by atoms with E-state index >= 15 is 0 Å². The van der Waals surface area contributed by atoms with E-state index in [1.807, 2.05) is 32.0 Å². The minimum atomic E-state index is 0.553. The highest BCUT2D eigenvalue weighted by Crippen LogP contribution is 2.29. The molecule has 1 aromatic carbocycles. The van der Waals surface area contributed by atoms with Crippen molar-refractivity contribution >= 4 is 15.9 Å². The van der Waals surface area contributed by atoms with Gasteiger partial charge in [-0.2, -0.15) is 0 Å². The summed E-state index contributed by atoms with van der Waals surface area (Å²) < 4.78 is 6.57. The second kappa shape index (κ2) is 4.61. The first-order valence-electron chi connectivity index (χ1n) is 4.88. The molecule has 0 aliphatic heterocycles. The van der Waals surface area contributed by atoms with Gasteiger partial charge in [-0.25, -0.2) is 9.97 Å². The number of aromatic nitrogens is 2. The lowest BCUT2D eigenvalue weighted by Gasteiger charge is -2.07. The molecule has 1 aromatic heterocycles. The number of rotatable bonds is 2. The highest BCUT2D eigenvalue weighted by molar-refractivity contribution is 9.10. The van der Waals surface area contributed by atoms with Crippen molar-refractivity contribution < 1.29 is 4.74 Å². The molecule has 0 unspecified atom stereocenters. The average Bonchev–Trinajstić information content (AvgIpc) is 2.22. The van der Waals surface area contributed by atoms with Crippen LogP contribution in [0.4, 0.5) is 0 Å². The second-order valence-electron chi connectivity index (χ2n) is 3.53. The minimum Gasteiger partial charge on any atom is -0.438 e. The van der Waals surface area contributed by atoms with Gasteiger partial charge in [-0.3, -0.25) is 0 Å². The van der Waals surface area contributed by atoms with Gasteiger partial charge in [0.05, 0.1) is 4.47 Å². The lowest BCUT2D eigenvalue weighted by atomic mass is 10.2. The summed E-state index contributed by atoms with van der Waals surface area (Å²) in [4.78, 5) is 8.06. The molecule has 0 amide bonds. The van der Waals surface area contributed by atoms with E-state index < -0.39 is 0 Å². The Morgan fingerprint density at radius 3 is 2.62 bits per heavy atom. The van der Waals surface area contributed by atoms with E-state index in [1.165, 1.54) is 11.9 Å². The van der Waals surface area contributed by atoms with Crippen LogP contribution in [0.3, 0.4) is 0 Å². The second-order valence-corrected chi connectivity index (χ2v) is 4.39. The van der Waals surface area contributed by atoms with Crippen LogP contribution in [-0.2, 0) is 0 Å². The summed E-state index contributed by atoms with van der Waals surface area (Å²) >= 11 is 3.45. The number of ether oxygens (including phenoxy) is 1. The first-order valence-corrected chi connectivity index (χ1v) is 5.67. The monoisotopic (exact) mass is 278 g/mol. The number of benzene rings is 1. The van der Waals surface area contributed by atoms with E-state index in [9.17, 15) is 0 Å². The van der Waals surface area contributed by atoms with Crippen molar-refractivity contribution in [3.05, 3.63) is 46.3 Å². The first kappa shape index (κ1) is 11.1. The van der Waals surface area contributed by atoms with Crippen molar-refractivity contribution in [3.63, 3.8) is 0 Å². The topological polar surface area (TPSA) is 35.0 Å². The fourth-order valence-electron chi connectivity index (χ4n) is 1.29. The highest BCUT2D eigenvalue weighted by atomic mass is 79.9. The van der Waals surface area contributed by atoms with E-state index in [0.29, 0.717) is 5.88 Å². The van der Waals surface area contributed by atoms with Crippen molar-refractivity contribution in [1.29, 1.82) is 0 Å². The van der Waals surface area contributed by atoms with Crippen LogP contribution < -0.4 is 4.74 Å². The molecule has 0 radical (unpaired) electrons. The quantitative estimate of drug-likeness (QED) is 0.841. The van der Waals surface area contributed by atoms with Gasteiger partial charge in [-0.15, -0.1) is 0 Å². The van der Waals surface area contributed by atoms with Crippen LogP contribution in [0, 0.1) is 13.8 Å². The van der Waals surface area contributed by atoms with Gasteiger partial charge in [0.15, 0.2) is 0 Å². The molecule has 0 aliphatic carbocycles. The number of hydrogen-bond donors (Lipinski definition) is 0. The molecule has 0 atom stereocenters. The Balaban J connectivity index is 2.27. The third-order valence-corrected chi connectivity index (χ3v) is 2.70. The molecule has 0 saturated heterocycles. The SMILES string of the molecule is Cc1ccc(Oc2cc(C)ncn2)c(Br)c1. The average molecular weight is 279 g/mol. The maximum atomic E-state index is 5.65. The van der Waals surface area contributed by atoms with E-state index in [1.54, 1.807) is 6.07 Å². The number of hydrogen-bond acceptors (Lipinski definition) is 3. The van der Waals surface area contributed by atoms with Crippen LogP contribution in [0.5, 0.6) is 11.6 Å². The zero-order valence-electron chi connectivity index (χ0n) is 9.07. The maximum Gasteiger partial charge on any atom is 0.222 e. The first-order chi connectivity index (χ1) is 7.65. The molecular weight excluding hydrogens is 268 g/mol. The summed E-state index contributed by atoms with van der Waals surface area (Å²) in [6.45, 7) is 3.93. The van der Waals surface area contributed by atoms with Crippen molar-refractivity contribution in [2.45, 2.75) is 13.8 Å². The smallest absolute Gasteiger partial charge is 0.222 e. The highest BCUT2D eigenvalue weighted by Gasteiger charge is 2.03. The van der Waals surface area contributed by atoms with Crippen LogP contribution in [0.25, 0.3) is 0 Å². The van der Waals surface area contributed by atoms with E-state index in [0.717, 1.165) is 15.9 Å². The molecule has 16 heavy (non-hydrogen) atoms. The summed E-state index contributed by atoms with van der Waals surface area (Å²) in [7, 11) is 0. The molecule has 0 bridgehead atoms. The van der Waals surface area contributed by atoms with E-state index in [-0.39, 0.29) is 0 Å². The maximum absolute atomic E-state index is 5.65. The van der Waals surface area contributed by atoms with Gasteiger partial charge in [0.25, 0.3) is 0 Å². The molecule has 3 nitrogen and oxygen atoms in total. The molecule has 0 spiro atoms. The summed E-state index contributed by atoms with van der Waals surface area (Å²) in [5, 5.41) is 0. The van der Waals surface area contributed by atoms with Crippen molar-refractivity contribution in [3.8, 4) is 11.6 Å². The van der Waals surface area contributed by atoms with Gasteiger partial charge in [0, 0.05) is 11.8 Å². The van der Waals surface area contributed by atoms with Crippen molar-refractivity contribution in [1.82, 2.24) is 9.97 Å². The molecule has 2 rings (SSSR count). The Morgan fingerprint density at radius 2 is 1.94 bits per heavy atom. The third kappa shape index (κ3) is 2.58. The van der Waals surface area contributed by atoms with E-state index in [4.69, 9.17) is 4.74 Å². The number of nitrogens with zero attached hydrogens (tertiary/aromatic N) is 2. The van der Waals surface area contributed by atoms with Crippen LogP contribution in [-0.4, -0.2) is 9.97 Å². The molecule has 0 N–H and O–H groups in total. The van der Waals surface area contributed by atoms with Gasteiger partial charge in [-0.1, -0.05) is 6.07 Å². The summed E-state index contributed by atoms with van der Waals surface area (Å²) in [6, 6.07) is 7.71. The normalized spacial score (nSPS) is 10.2. The Morgan fingerprint density at radius 1 is 1.12 bits per heavy atom. The lowest BCUT2D eigenvalue weighted by Crippen LogP contribution is -1.91. The fraction of sp³-hybridized carbons (Fsp3) is 0.167. The number of halogens is 1. The lowest BCUT2D eigenvalue weighted by molar-refractivity contribution is 0.458. The van der Waals surface area contributed by atoms with Crippen LogP contribution >= 0.6 is 15.9 Å². The number of aryl methyl sites for hydroxylation is 2. The van der Waals surface area contributed by atoms with Crippen LogP contribution in [0.1, 0.15) is 11.3 Å². The predicted molar refractivity (Wildman–Crippen MR) is 65.7 cm³/mol. The Kier molecular flexibility index (Phi) is 3.19. The zero-order chi connectivity index (χ0) is 11.5. The largest absolute Gasteiger partial charge is 0.438 e. The van der Waals surface area contributed by atoms with E-state index in [2.05, 4.69) is 25.9 Å². The summed E-state index contributed by atoms with van der Waals surface area (Å²) in [6.07, 6.45) is 1.49. The zero-order valence-corrected chi connectivity index (χ0v) is 10.7. The standard InChI is InChI=1S/C12H11BrN2O/c1-8-3-4-11(10(13)5-8)16-12-6-9(2)14-7-15-12/h3-7H,1-2H3. The molecule has 2 aromatic rings. The summed E-state index contributed by atoms with van der Waals surface area (Å²) in [5.41, 5.74) is 2.06. The fourth-order valence-corrected chi connectivity index (χ4v) is 1.86. The molecule has 4 heteroatoms. The summed E-state index contributed by atoms with van der Waals surface area (Å²) in [5.74, 6) is 1.31. The molecule has 82 valence electrons. The van der Waals surface area contributed by atoms with Gasteiger partial charge in [0.1, 0.15) is 12.1 Å². The molecule has 0 aliphatic rings. The van der Waals surface area contributed by atoms with Crippen molar-refractivity contribution in [2.75, 3.05) is 0 Å². The van der Waals surface area contributed by atoms with Gasteiger partial charge < -0.3 is 4.74 Å². The van der Waals surface area contributed by atoms with Crippen LogP contribution in [0.15, 0.2) is 35.1 Å². The molecular formula is C12H11BrN2O. The Labute approximate surface area is 103 Å². The Hall–Kier alpha value is -1.42. The third-order valence-electron chi connectivity index (χ3n) is 2.08. The predicted octanol–water partition coefficient (Wildman–Crippen LogP) is 3.65. The van der Waals surface area contributed by atoms with Gasteiger partial charge >= 0.3 is 0 Å². The molecule has 0 fully saturated rings. The molecule has 0 saturated carbocycles. The minimum absolute atomic E-state index is 0.553. The van der Waals surface area contributed by atoms with Gasteiger partial charge in [0.2, 0.25) is 5.88 Å². The Bertz CT molecular complexity index is 514. The molecule has 1 heterocycles. The van der Waals surface area contributed by atoms with Crippen LogP contribution in [0.2, 0.25) is 0 Å².